The number of methoxy groups -OCH3 is 1. The number of likely N-dealkylation sites (N-methyl/N-ethyl adjacent to an activating group) is 1. The van der Waals surface area contributed by atoms with E-state index in [1.807, 2.05) is 13.1 Å². The van der Waals surface area contributed by atoms with E-state index >= 15 is 0 Å². The summed E-state index contributed by atoms with van der Waals surface area (Å²) in [5.41, 5.74) is -0.0718. The van der Waals surface area contributed by atoms with Gasteiger partial charge < -0.3 is 24.2 Å². The lowest BCUT2D eigenvalue weighted by atomic mass is 9.87. The zero-order valence-corrected chi connectivity index (χ0v) is 17.3. The Bertz CT molecular complexity index is 1160. The van der Waals surface area contributed by atoms with Crippen LogP contribution in [-0.2, 0) is 20.5 Å². The summed E-state index contributed by atoms with van der Waals surface area (Å²) in [5, 5.41) is 10.3. The Labute approximate surface area is 171 Å². The largest absolute Gasteiger partial charge is 0.494 e. The van der Waals surface area contributed by atoms with E-state index in [4.69, 9.17) is 14.2 Å². The zero-order valence-electron chi connectivity index (χ0n) is 17.3. The minimum Gasteiger partial charge on any atom is -0.494 e. The third-order valence-corrected chi connectivity index (χ3v) is 5.98. The smallest absolute Gasteiger partial charge is 0.333 e. The van der Waals surface area contributed by atoms with Gasteiger partial charge in [-0.3, -0.25) is 18.7 Å². The predicted molar refractivity (Wildman–Crippen MR) is 105 cm³/mol. The molecule has 0 saturated carbocycles. The van der Waals surface area contributed by atoms with Crippen LogP contribution < -0.4 is 30.4 Å². The van der Waals surface area contributed by atoms with Crippen LogP contribution in [0.2, 0.25) is 0 Å². The standard InChI is InChI=1S/C20H23N3O7/c1-21-6-5-10-7-13-16(30-9-29-13)17(28-4)14(10)11(21)8-12(24)15-18(25)22(2)20(27)23(3)19(15)26/h7,11,25H,5-6,8-9H2,1-4H3/p+1/t11-/m0/s1. The molecule has 2 aromatic rings. The van der Waals surface area contributed by atoms with Crippen molar-refractivity contribution in [3.8, 4) is 23.1 Å². The summed E-state index contributed by atoms with van der Waals surface area (Å²) in [6.07, 6.45) is 0.724. The lowest BCUT2D eigenvalue weighted by molar-refractivity contribution is -0.913. The fourth-order valence-electron chi connectivity index (χ4n) is 4.26. The number of hydrogen-bond acceptors (Lipinski definition) is 7. The molecule has 3 heterocycles. The fraction of sp³-hybridized carbons (Fsp3) is 0.450. The number of carbonyl (C=O) groups is 1. The first-order valence-electron chi connectivity index (χ1n) is 9.60. The molecule has 10 nitrogen and oxygen atoms in total. The molecule has 0 bridgehead atoms. The third kappa shape index (κ3) is 2.86. The Morgan fingerprint density at radius 1 is 1.30 bits per heavy atom. The highest BCUT2D eigenvalue weighted by atomic mass is 16.7. The number of benzene rings is 1. The van der Waals surface area contributed by atoms with Crippen molar-refractivity contribution in [2.45, 2.75) is 18.9 Å². The summed E-state index contributed by atoms with van der Waals surface area (Å²) in [4.78, 5) is 38.8. The van der Waals surface area contributed by atoms with Crippen molar-refractivity contribution >= 4 is 5.78 Å². The molecule has 2 N–H and O–H groups in total. The van der Waals surface area contributed by atoms with Crippen molar-refractivity contribution in [2.75, 3.05) is 27.5 Å². The lowest BCUT2D eigenvalue weighted by Gasteiger charge is -2.32. The number of aromatic hydroxyl groups is 1. The van der Waals surface area contributed by atoms with Crippen LogP contribution in [0.1, 0.15) is 33.9 Å². The number of hydrogen-bond donors (Lipinski definition) is 2. The van der Waals surface area contributed by atoms with Gasteiger partial charge in [0.2, 0.25) is 18.4 Å². The first kappa shape index (κ1) is 20.0. The van der Waals surface area contributed by atoms with Crippen molar-refractivity contribution in [1.82, 2.24) is 9.13 Å². The van der Waals surface area contributed by atoms with Crippen LogP contribution in [0.3, 0.4) is 0 Å². The summed E-state index contributed by atoms with van der Waals surface area (Å²) >= 11 is 0. The Morgan fingerprint density at radius 3 is 2.73 bits per heavy atom. The van der Waals surface area contributed by atoms with Crippen LogP contribution in [0, 0.1) is 0 Å². The van der Waals surface area contributed by atoms with Gasteiger partial charge in [-0.2, -0.15) is 0 Å². The van der Waals surface area contributed by atoms with E-state index in [1.165, 1.54) is 21.2 Å². The van der Waals surface area contributed by atoms with Gasteiger partial charge in [-0.15, -0.1) is 0 Å². The third-order valence-electron chi connectivity index (χ3n) is 5.98. The number of ketones is 1. The molecule has 160 valence electrons. The number of Topliss-reactive ketones (excluding diaryl/α,β-unsaturated/α-hetero) is 1. The van der Waals surface area contributed by atoms with E-state index in [-0.39, 0.29) is 24.8 Å². The van der Waals surface area contributed by atoms with Gasteiger partial charge >= 0.3 is 5.69 Å². The average molecular weight is 418 g/mol. The summed E-state index contributed by atoms with van der Waals surface area (Å²) in [6, 6.07) is 1.58. The van der Waals surface area contributed by atoms with E-state index < -0.39 is 22.9 Å². The van der Waals surface area contributed by atoms with Crippen molar-refractivity contribution < 1.29 is 29.0 Å². The molecular formula is C20H24N3O7+. The van der Waals surface area contributed by atoms with Crippen molar-refractivity contribution in [3.63, 3.8) is 0 Å². The summed E-state index contributed by atoms with van der Waals surface area (Å²) < 4.78 is 18.4. The molecule has 4 rings (SSSR count). The number of nitrogens with one attached hydrogen (secondary N) is 1. The Morgan fingerprint density at radius 2 is 2.03 bits per heavy atom. The van der Waals surface area contributed by atoms with E-state index in [0.717, 1.165) is 38.1 Å². The number of ether oxygens (including phenoxy) is 3. The number of fused-ring (bicyclic) bond motifs is 2. The van der Waals surface area contributed by atoms with Crippen molar-refractivity contribution in [1.29, 1.82) is 0 Å². The van der Waals surface area contributed by atoms with Crippen LogP contribution in [0.5, 0.6) is 23.1 Å². The molecule has 0 amide bonds. The number of nitrogens with zero attached hydrogens (tertiary/aromatic N) is 2. The molecule has 0 radical (unpaired) electrons. The molecule has 1 aromatic heterocycles. The second-order valence-corrected chi connectivity index (χ2v) is 7.65. The average Bonchev–Trinajstić information content (AvgIpc) is 3.19. The van der Waals surface area contributed by atoms with Gasteiger partial charge in [0.15, 0.2) is 17.3 Å². The predicted octanol–water partition coefficient (Wildman–Crippen LogP) is -1.09. The van der Waals surface area contributed by atoms with E-state index in [9.17, 15) is 19.5 Å². The minimum atomic E-state index is -0.813. The number of carbonyl (C=O) groups excluding carboxylic acids is 1. The summed E-state index contributed by atoms with van der Waals surface area (Å²) in [5.74, 6) is 0.471. The Balaban J connectivity index is 1.80. The van der Waals surface area contributed by atoms with Gasteiger partial charge in [0.25, 0.3) is 5.56 Å². The molecular weight excluding hydrogens is 394 g/mol. The molecule has 1 aromatic carbocycles. The Kier molecular flexibility index (Phi) is 4.81. The first-order chi connectivity index (χ1) is 14.3. The zero-order chi connectivity index (χ0) is 21.7. The number of quaternary nitrogens is 1. The molecule has 0 aliphatic carbocycles. The normalized spacial score (nSPS) is 19.5. The number of aromatic nitrogens is 2. The lowest BCUT2D eigenvalue weighted by Crippen LogP contribution is -3.10. The minimum absolute atomic E-state index is 0.0458. The molecule has 0 fully saturated rings. The van der Waals surface area contributed by atoms with Gasteiger partial charge in [-0.1, -0.05) is 0 Å². The van der Waals surface area contributed by atoms with E-state index in [2.05, 4.69) is 0 Å². The molecule has 0 saturated heterocycles. The van der Waals surface area contributed by atoms with Gasteiger partial charge in [0.05, 0.1) is 32.7 Å². The maximum Gasteiger partial charge on any atom is 0.333 e. The summed E-state index contributed by atoms with van der Waals surface area (Å²) in [6.45, 7) is 0.869. The molecule has 2 atom stereocenters. The summed E-state index contributed by atoms with van der Waals surface area (Å²) in [7, 11) is 6.08. The molecule has 2 aliphatic heterocycles. The first-order valence-corrected chi connectivity index (χ1v) is 9.60. The van der Waals surface area contributed by atoms with Gasteiger partial charge in [-0.25, -0.2) is 4.79 Å². The van der Waals surface area contributed by atoms with Crippen LogP contribution in [0.25, 0.3) is 0 Å². The van der Waals surface area contributed by atoms with Crippen LogP contribution in [0.4, 0.5) is 0 Å². The maximum atomic E-state index is 13.2. The van der Waals surface area contributed by atoms with E-state index in [1.54, 1.807) is 0 Å². The topological polar surface area (TPSA) is 113 Å². The van der Waals surface area contributed by atoms with Crippen molar-refractivity contribution in [3.05, 3.63) is 43.6 Å². The molecule has 2 aliphatic rings. The van der Waals surface area contributed by atoms with Gasteiger partial charge in [0, 0.05) is 20.5 Å². The molecule has 30 heavy (non-hydrogen) atoms. The quantitative estimate of drug-likeness (QED) is 0.607. The highest BCUT2D eigenvalue weighted by Gasteiger charge is 2.38. The molecule has 10 heteroatoms. The SMILES string of the molecule is COc1c2c(cc3c1[C@H](CC(=O)c1c(O)n(C)c(=O)n(C)c1=O)[NH+](C)CC3)OCO2. The Hall–Kier alpha value is -3.27. The van der Waals surface area contributed by atoms with Gasteiger partial charge in [0.1, 0.15) is 11.6 Å². The van der Waals surface area contributed by atoms with Crippen molar-refractivity contribution in [2.24, 2.45) is 14.1 Å². The molecule has 0 spiro atoms. The van der Waals surface area contributed by atoms with Gasteiger partial charge in [-0.05, 0) is 11.6 Å². The fourth-order valence-corrected chi connectivity index (χ4v) is 4.26. The molecule has 1 unspecified atom stereocenters. The van der Waals surface area contributed by atoms with Crippen LogP contribution in [-0.4, -0.2) is 47.5 Å². The number of rotatable bonds is 4. The van der Waals surface area contributed by atoms with E-state index in [0.29, 0.717) is 17.2 Å². The highest BCUT2D eigenvalue weighted by Crippen LogP contribution is 2.47. The van der Waals surface area contributed by atoms with Crippen LogP contribution >= 0.6 is 0 Å². The highest BCUT2D eigenvalue weighted by molar-refractivity contribution is 5.98. The van der Waals surface area contributed by atoms with Crippen LogP contribution in [0.15, 0.2) is 15.7 Å². The maximum absolute atomic E-state index is 13.2. The second kappa shape index (κ2) is 7.21. The monoisotopic (exact) mass is 418 g/mol. The second-order valence-electron chi connectivity index (χ2n) is 7.65.